The van der Waals surface area contributed by atoms with Gasteiger partial charge in [0.15, 0.2) is 0 Å². The maximum absolute atomic E-state index is 12.4. The van der Waals surface area contributed by atoms with E-state index < -0.39 is 10.0 Å². The highest BCUT2D eigenvalue weighted by Gasteiger charge is 2.17. The predicted molar refractivity (Wildman–Crippen MR) is 86.7 cm³/mol. The lowest BCUT2D eigenvalue weighted by molar-refractivity contribution is 0.323. The van der Waals surface area contributed by atoms with Crippen LogP contribution in [-0.4, -0.2) is 26.6 Å². The molecular formula is C15H14N2O3S2. The summed E-state index contributed by atoms with van der Waals surface area (Å²) in [6.07, 6.45) is 0. The van der Waals surface area contributed by atoms with Gasteiger partial charge in [0.2, 0.25) is 10.0 Å². The van der Waals surface area contributed by atoms with Crippen LogP contribution in [0.15, 0.2) is 58.9 Å². The highest BCUT2D eigenvalue weighted by atomic mass is 32.2. The minimum Gasteiger partial charge on any atom is -0.492 e. The van der Waals surface area contributed by atoms with Gasteiger partial charge in [0.05, 0.1) is 15.7 Å². The summed E-state index contributed by atoms with van der Waals surface area (Å²) in [7, 11) is -3.57. The summed E-state index contributed by atoms with van der Waals surface area (Å²) in [6.45, 7) is 0.467. The van der Waals surface area contributed by atoms with Crippen LogP contribution in [0, 0.1) is 0 Å². The van der Waals surface area contributed by atoms with Crippen molar-refractivity contribution in [1.82, 2.24) is 9.71 Å². The third-order valence-electron chi connectivity index (χ3n) is 3.02. The van der Waals surface area contributed by atoms with Crippen LogP contribution in [0.3, 0.4) is 0 Å². The molecule has 0 fully saturated rings. The summed E-state index contributed by atoms with van der Waals surface area (Å²) >= 11 is 1.32. The summed E-state index contributed by atoms with van der Waals surface area (Å²) in [5.74, 6) is 0.714. The number of nitrogens with one attached hydrogen (secondary N) is 1. The van der Waals surface area contributed by atoms with Crippen LogP contribution >= 0.6 is 11.3 Å². The molecule has 0 unspecified atom stereocenters. The minimum atomic E-state index is -3.57. The molecule has 3 aromatic rings. The van der Waals surface area contributed by atoms with Crippen molar-refractivity contribution in [3.8, 4) is 5.75 Å². The van der Waals surface area contributed by atoms with Crippen LogP contribution in [0.2, 0.25) is 0 Å². The van der Waals surface area contributed by atoms with Gasteiger partial charge in [-0.15, -0.1) is 11.3 Å². The average Bonchev–Trinajstić information content (AvgIpc) is 3.01. The van der Waals surface area contributed by atoms with E-state index in [1.54, 1.807) is 23.7 Å². The van der Waals surface area contributed by atoms with E-state index in [0.29, 0.717) is 16.0 Å². The Bertz CT molecular complexity index is 861. The van der Waals surface area contributed by atoms with E-state index in [-0.39, 0.29) is 18.0 Å². The van der Waals surface area contributed by atoms with Crippen LogP contribution in [-0.2, 0) is 10.0 Å². The zero-order chi connectivity index (χ0) is 15.4. The summed E-state index contributed by atoms with van der Waals surface area (Å²) in [4.78, 5) is 4.39. The Morgan fingerprint density at radius 3 is 2.73 bits per heavy atom. The zero-order valence-corrected chi connectivity index (χ0v) is 13.2. The summed E-state index contributed by atoms with van der Waals surface area (Å²) < 4.78 is 33.4. The van der Waals surface area contributed by atoms with Gasteiger partial charge in [-0.05, 0) is 24.3 Å². The first-order chi connectivity index (χ1) is 10.7. The van der Waals surface area contributed by atoms with Crippen molar-refractivity contribution >= 4 is 31.6 Å². The fraction of sp³-hybridized carbons (Fsp3) is 0.133. The first-order valence-electron chi connectivity index (χ1n) is 6.66. The highest BCUT2D eigenvalue weighted by molar-refractivity contribution is 7.90. The lowest BCUT2D eigenvalue weighted by Gasteiger charge is -2.09. The summed E-state index contributed by atoms with van der Waals surface area (Å²) in [5.41, 5.74) is 2.33. The fourth-order valence-corrected chi connectivity index (χ4v) is 4.30. The van der Waals surface area contributed by atoms with Gasteiger partial charge in [-0.2, -0.15) is 0 Å². The average molecular weight is 334 g/mol. The van der Waals surface area contributed by atoms with E-state index in [4.69, 9.17) is 4.74 Å². The fourth-order valence-electron chi connectivity index (χ4n) is 2.01. The Morgan fingerprint density at radius 1 is 1.09 bits per heavy atom. The van der Waals surface area contributed by atoms with Gasteiger partial charge in [0, 0.05) is 6.54 Å². The number of ether oxygens (including phenoxy) is 1. The summed E-state index contributed by atoms with van der Waals surface area (Å²) in [5, 5.41) is 0. The molecule has 0 aliphatic carbocycles. The molecule has 0 saturated heterocycles. The molecule has 22 heavy (non-hydrogen) atoms. The molecule has 0 atom stereocenters. The standard InChI is InChI=1S/C15H14N2O3S2/c18-22(19,14-8-4-7-13-15(14)21-11-16-13)17-9-10-20-12-5-2-1-3-6-12/h1-8,11,17H,9-10H2. The first kappa shape index (κ1) is 15.0. The van der Waals surface area contributed by atoms with Crippen LogP contribution in [0.25, 0.3) is 10.2 Å². The minimum absolute atomic E-state index is 0.201. The van der Waals surface area contributed by atoms with Crippen molar-refractivity contribution in [2.75, 3.05) is 13.2 Å². The Labute approximate surface area is 132 Å². The van der Waals surface area contributed by atoms with E-state index in [2.05, 4.69) is 9.71 Å². The molecule has 0 saturated carbocycles. The summed E-state index contributed by atoms with van der Waals surface area (Å²) in [6, 6.07) is 14.3. The topological polar surface area (TPSA) is 68.3 Å². The van der Waals surface area contributed by atoms with Crippen molar-refractivity contribution in [2.45, 2.75) is 4.90 Å². The van der Waals surface area contributed by atoms with Gasteiger partial charge >= 0.3 is 0 Å². The van der Waals surface area contributed by atoms with Crippen LogP contribution < -0.4 is 9.46 Å². The normalized spacial score (nSPS) is 11.6. The first-order valence-corrected chi connectivity index (χ1v) is 9.03. The van der Waals surface area contributed by atoms with Gasteiger partial charge in [-0.3, -0.25) is 0 Å². The molecule has 7 heteroatoms. The van der Waals surface area contributed by atoms with Crippen molar-refractivity contribution in [3.63, 3.8) is 0 Å². The third-order valence-corrected chi connectivity index (χ3v) is 5.52. The zero-order valence-electron chi connectivity index (χ0n) is 11.6. The van der Waals surface area contributed by atoms with Gasteiger partial charge < -0.3 is 4.74 Å². The predicted octanol–water partition coefficient (Wildman–Crippen LogP) is 2.65. The maximum Gasteiger partial charge on any atom is 0.242 e. The molecular weight excluding hydrogens is 320 g/mol. The van der Waals surface area contributed by atoms with Crippen molar-refractivity contribution in [3.05, 3.63) is 54.0 Å². The molecule has 2 aromatic carbocycles. The molecule has 1 heterocycles. The number of sulfonamides is 1. The lowest BCUT2D eigenvalue weighted by Crippen LogP contribution is -2.28. The molecule has 0 aliphatic heterocycles. The maximum atomic E-state index is 12.4. The quantitative estimate of drug-likeness (QED) is 0.704. The van der Waals surface area contributed by atoms with E-state index in [1.165, 1.54) is 11.3 Å². The number of para-hydroxylation sites is 1. The van der Waals surface area contributed by atoms with Gasteiger partial charge in [-0.25, -0.2) is 18.1 Å². The lowest BCUT2D eigenvalue weighted by atomic mass is 10.3. The number of aromatic nitrogens is 1. The van der Waals surface area contributed by atoms with E-state index in [0.717, 1.165) is 0 Å². The second-order valence-electron chi connectivity index (χ2n) is 4.52. The Hall–Kier alpha value is -1.96. The molecule has 0 radical (unpaired) electrons. The van der Waals surface area contributed by atoms with Gasteiger partial charge in [0.1, 0.15) is 17.3 Å². The van der Waals surface area contributed by atoms with Crippen LogP contribution in [0.1, 0.15) is 0 Å². The van der Waals surface area contributed by atoms with E-state index in [1.807, 2.05) is 30.3 Å². The Balaban J connectivity index is 1.65. The van der Waals surface area contributed by atoms with Crippen LogP contribution in [0.4, 0.5) is 0 Å². The number of fused-ring (bicyclic) bond motifs is 1. The molecule has 1 aromatic heterocycles. The number of hydrogen-bond acceptors (Lipinski definition) is 5. The van der Waals surface area contributed by atoms with Crippen molar-refractivity contribution in [1.29, 1.82) is 0 Å². The highest BCUT2D eigenvalue weighted by Crippen LogP contribution is 2.25. The van der Waals surface area contributed by atoms with E-state index in [9.17, 15) is 8.42 Å². The second-order valence-corrected chi connectivity index (χ2v) is 7.11. The number of benzene rings is 2. The number of thiazole rings is 1. The molecule has 3 rings (SSSR count). The largest absolute Gasteiger partial charge is 0.492 e. The monoisotopic (exact) mass is 334 g/mol. The number of nitrogens with zero attached hydrogens (tertiary/aromatic N) is 1. The molecule has 5 nitrogen and oxygen atoms in total. The Kier molecular flexibility index (Phi) is 4.37. The van der Waals surface area contributed by atoms with Crippen molar-refractivity contribution in [2.24, 2.45) is 0 Å². The molecule has 0 spiro atoms. The molecule has 0 amide bonds. The second kappa shape index (κ2) is 6.43. The van der Waals surface area contributed by atoms with Crippen LogP contribution in [0.5, 0.6) is 5.75 Å². The smallest absolute Gasteiger partial charge is 0.242 e. The van der Waals surface area contributed by atoms with Gasteiger partial charge in [0.25, 0.3) is 0 Å². The number of hydrogen-bond donors (Lipinski definition) is 1. The molecule has 1 N–H and O–H groups in total. The molecule has 114 valence electrons. The van der Waals surface area contributed by atoms with E-state index >= 15 is 0 Å². The molecule has 0 bridgehead atoms. The third kappa shape index (κ3) is 3.27. The molecule has 0 aliphatic rings. The van der Waals surface area contributed by atoms with Crippen molar-refractivity contribution < 1.29 is 13.2 Å². The SMILES string of the molecule is O=S(=O)(NCCOc1ccccc1)c1cccc2ncsc12. The Morgan fingerprint density at radius 2 is 1.91 bits per heavy atom. The number of rotatable bonds is 6. The van der Waals surface area contributed by atoms with Gasteiger partial charge in [-0.1, -0.05) is 24.3 Å².